The molecule has 0 spiro atoms. The molecule has 24 heavy (non-hydrogen) atoms. The maximum Gasteiger partial charge on any atom is 0.191 e. The average molecular weight is 325 g/mol. The summed E-state index contributed by atoms with van der Waals surface area (Å²) in [5, 5.41) is 7.77. The molecule has 0 saturated carbocycles. The molecule has 0 amide bonds. The monoisotopic (exact) mass is 325 g/mol. The van der Waals surface area contributed by atoms with Crippen LogP contribution in [0.5, 0.6) is 0 Å². The van der Waals surface area contributed by atoms with Crippen LogP contribution in [-0.4, -0.2) is 13.0 Å². The minimum atomic E-state index is 0.0293. The van der Waals surface area contributed by atoms with Gasteiger partial charge in [-0.3, -0.25) is 4.99 Å². The van der Waals surface area contributed by atoms with Gasteiger partial charge in [-0.15, -0.1) is 0 Å². The number of rotatable bonds is 4. The van der Waals surface area contributed by atoms with E-state index in [9.17, 15) is 0 Å². The van der Waals surface area contributed by atoms with Crippen LogP contribution in [0.1, 0.15) is 35.8 Å². The molecule has 2 aromatic heterocycles. The number of furan rings is 2. The van der Waals surface area contributed by atoms with Crippen molar-refractivity contribution in [3.05, 3.63) is 59.2 Å². The number of hydrogen-bond donors (Lipinski definition) is 2. The van der Waals surface area contributed by atoms with E-state index >= 15 is 0 Å². The second-order valence-electron chi connectivity index (χ2n) is 5.89. The molecule has 0 aliphatic heterocycles. The van der Waals surface area contributed by atoms with Gasteiger partial charge in [-0.25, -0.2) is 0 Å². The largest absolute Gasteiger partial charge is 0.464 e. The van der Waals surface area contributed by atoms with E-state index in [1.807, 2.05) is 44.2 Å². The Bertz CT molecular complexity index is 861. The van der Waals surface area contributed by atoms with Gasteiger partial charge in [0.25, 0.3) is 0 Å². The van der Waals surface area contributed by atoms with E-state index in [1.54, 1.807) is 7.05 Å². The van der Waals surface area contributed by atoms with Crippen LogP contribution in [0.4, 0.5) is 0 Å². The molecule has 0 bridgehead atoms. The van der Waals surface area contributed by atoms with Crippen LogP contribution < -0.4 is 10.6 Å². The molecule has 1 unspecified atom stereocenters. The van der Waals surface area contributed by atoms with Crippen molar-refractivity contribution in [2.24, 2.45) is 4.99 Å². The van der Waals surface area contributed by atoms with Crippen molar-refractivity contribution in [1.29, 1.82) is 0 Å². The second-order valence-corrected chi connectivity index (χ2v) is 5.89. The van der Waals surface area contributed by atoms with Gasteiger partial charge in [-0.05, 0) is 39.0 Å². The third-order valence-corrected chi connectivity index (χ3v) is 4.12. The molecule has 3 aromatic rings. The van der Waals surface area contributed by atoms with E-state index in [2.05, 4.69) is 28.6 Å². The fourth-order valence-electron chi connectivity index (χ4n) is 2.71. The van der Waals surface area contributed by atoms with Gasteiger partial charge in [-0.2, -0.15) is 0 Å². The molecular formula is C19H23N3O2. The number of aryl methyl sites for hydroxylation is 2. The third kappa shape index (κ3) is 3.30. The summed E-state index contributed by atoms with van der Waals surface area (Å²) in [4.78, 5) is 4.27. The molecule has 1 aromatic carbocycles. The number of nitrogens with zero attached hydrogens (tertiary/aromatic N) is 1. The van der Waals surface area contributed by atoms with Crippen LogP contribution in [0.2, 0.25) is 0 Å². The SMILES string of the molecule is CN=C(NCc1oc2ccccc2c1C)NC(C)c1ccc(C)o1. The van der Waals surface area contributed by atoms with E-state index in [4.69, 9.17) is 8.83 Å². The Kier molecular flexibility index (Phi) is 4.60. The van der Waals surface area contributed by atoms with Crippen molar-refractivity contribution >= 4 is 16.9 Å². The molecule has 126 valence electrons. The lowest BCUT2D eigenvalue weighted by molar-refractivity contribution is 0.440. The highest BCUT2D eigenvalue weighted by Crippen LogP contribution is 2.24. The van der Waals surface area contributed by atoms with E-state index in [-0.39, 0.29) is 6.04 Å². The Balaban J connectivity index is 1.66. The summed E-state index contributed by atoms with van der Waals surface area (Å²) in [6, 6.07) is 12.0. The first-order valence-electron chi connectivity index (χ1n) is 8.09. The highest BCUT2D eigenvalue weighted by Gasteiger charge is 2.13. The summed E-state index contributed by atoms with van der Waals surface area (Å²) >= 11 is 0. The number of para-hydroxylation sites is 1. The van der Waals surface area contributed by atoms with Crippen molar-refractivity contribution in [1.82, 2.24) is 10.6 Å². The fourth-order valence-corrected chi connectivity index (χ4v) is 2.71. The number of hydrogen-bond acceptors (Lipinski definition) is 3. The van der Waals surface area contributed by atoms with Gasteiger partial charge < -0.3 is 19.5 Å². The lowest BCUT2D eigenvalue weighted by Crippen LogP contribution is -2.38. The zero-order chi connectivity index (χ0) is 17.1. The van der Waals surface area contributed by atoms with Crippen molar-refractivity contribution in [2.45, 2.75) is 33.4 Å². The zero-order valence-corrected chi connectivity index (χ0v) is 14.5. The molecule has 0 aliphatic carbocycles. The zero-order valence-electron chi connectivity index (χ0n) is 14.5. The summed E-state index contributed by atoms with van der Waals surface area (Å²) in [6.45, 7) is 6.63. The molecule has 2 heterocycles. The Morgan fingerprint density at radius 1 is 1.12 bits per heavy atom. The molecule has 0 saturated heterocycles. The van der Waals surface area contributed by atoms with Gasteiger partial charge in [0.15, 0.2) is 5.96 Å². The summed E-state index contributed by atoms with van der Waals surface area (Å²) in [5.74, 6) is 3.41. The van der Waals surface area contributed by atoms with Crippen LogP contribution in [0, 0.1) is 13.8 Å². The summed E-state index contributed by atoms with van der Waals surface area (Å²) in [7, 11) is 1.75. The minimum absolute atomic E-state index is 0.0293. The first-order chi connectivity index (χ1) is 11.6. The smallest absolute Gasteiger partial charge is 0.191 e. The lowest BCUT2D eigenvalue weighted by Gasteiger charge is -2.16. The van der Waals surface area contributed by atoms with E-state index in [0.29, 0.717) is 12.5 Å². The summed E-state index contributed by atoms with van der Waals surface area (Å²) in [6.07, 6.45) is 0. The van der Waals surface area contributed by atoms with Crippen molar-refractivity contribution in [2.75, 3.05) is 7.05 Å². The van der Waals surface area contributed by atoms with Crippen LogP contribution in [0.15, 0.2) is 50.2 Å². The minimum Gasteiger partial charge on any atom is -0.464 e. The lowest BCUT2D eigenvalue weighted by atomic mass is 10.1. The molecule has 0 radical (unpaired) electrons. The van der Waals surface area contributed by atoms with Crippen LogP contribution in [0.25, 0.3) is 11.0 Å². The van der Waals surface area contributed by atoms with E-state index in [0.717, 1.165) is 33.8 Å². The van der Waals surface area contributed by atoms with Gasteiger partial charge >= 0.3 is 0 Å². The molecule has 1 atom stereocenters. The first-order valence-corrected chi connectivity index (χ1v) is 8.09. The van der Waals surface area contributed by atoms with Crippen molar-refractivity contribution in [3.8, 4) is 0 Å². The van der Waals surface area contributed by atoms with Gasteiger partial charge in [-0.1, -0.05) is 18.2 Å². The Morgan fingerprint density at radius 3 is 2.58 bits per heavy atom. The average Bonchev–Trinajstić information content (AvgIpc) is 3.16. The molecule has 0 aliphatic rings. The number of guanidine groups is 1. The number of benzene rings is 1. The predicted octanol–water partition coefficient (Wildman–Crippen LogP) is 4.07. The highest BCUT2D eigenvalue weighted by molar-refractivity contribution is 5.83. The predicted molar refractivity (Wildman–Crippen MR) is 96.1 cm³/mol. The molecule has 5 heteroatoms. The van der Waals surface area contributed by atoms with Crippen LogP contribution in [-0.2, 0) is 6.54 Å². The molecule has 2 N–H and O–H groups in total. The highest BCUT2D eigenvalue weighted by atomic mass is 16.3. The van der Waals surface area contributed by atoms with Crippen molar-refractivity contribution in [3.63, 3.8) is 0 Å². The topological polar surface area (TPSA) is 62.7 Å². The first kappa shape index (κ1) is 16.2. The van der Waals surface area contributed by atoms with Crippen molar-refractivity contribution < 1.29 is 8.83 Å². The molecule has 5 nitrogen and oxygen atoms in total. The van der Waals surface area contributed by atoms with Crippen LogP contribution >= 0.6 is 0 Å². The summed E-state index contributed by atoms with van der Waals surface area (Å²) in [5.41, 5.74) is 2.07. The summed E-state index contributed by atoms with van der Waals surface area (Å²) < 4.78 is 11.6. The standard InChI is InChI=1S/C19H23N3O2/c1-12-9-10-16(23-12)14(3)22-19(20-4)21-11-18-13(2)15-7-5-6-8-17(15)24-18/h5-10,14H,11H2,1-4H3,(H2,20,21,22). The Morgan fingerprint density at radius 2 is 1.92 bits per heavy atom. The van der Waals surface area contributed by atoms with Gasteiger partial charge in [0.2, 0.25) is 0 Å². The quantitative estimate of drug-likeness (QED) is 0.561. The molecule has 3 rings (SSSR count). The Labute approximate surface area is 141 Å². The maximum absolute atomic E-state index is 5.92. The number of aliphatic imine (C=N–C) groups is 1. The number of fused-ring (bicyclic) bond motifs is 1. The number of nitrogens with one attached hydrogen (secondary N) is 2. The molecular weight excluding hydrogens is 302 g/mol. The Hall–Kier alpha value is -2.69. The maximum atomic E-state index is 5.92. The van der Waals surface area contributed by atoms with Gasteiger partial charge in [0, 0.05) is 18.0 Å². The van der Waals surface area contributed by atoms with E-state index in [1.165, 1.54) is 0 Å². The fraction of sp³-hybridized carbons (Fsp3) is 0.316. The molecule has 0 fully saturated rings. The van der Waals surface area contributed by atoms with Crippen LogP contribution in [0.3, 0.4) is 0 Å². The van der Waals surface area contributed by atoms with E-state index < -0.39 is 0 Å². The van der Waals surface area contributed by atoms with Gasteiger partial charge in [0.05, 0.1) is 12.6 Å². The third-order valence-electron chi connectivity index (χ3n) is 4.12. The van der Waals surface area contributed by atoms with Gasteiger partial charge in [0.1, 0.15) is 22.9 Å². The normalized spacial score (nSPS) is 13.2. The second kappa shape index (κ2) is 6.83.